The summed E-state index contributed by atoms with van der Waals surface area (Å²) in [4.78, 5) is 19.9. The highest BCUT2D eigenvalue weighted by molar-refractivity contribution is 5.90. The van der Waals surface area contributed by atoms with Gasteiger partial charge in [-0.25, -0.2) is 9.67 Å². The molecule has 0 aliphatic rings. The minimum Gasteiger partial charge on any atom is -0.342 e. The van der Waals surface area contributed by atoms with Crippen LogP contribution in [-0.2, 0) is 17.8 Å². The second-order valence-electron chi connectivity index (χ2n) is 6.04. The minimum absolute atomic E-state index is 0.0315. The highest BCUT2D eigenvalue weighted by Crippen LogP contribution is 2.13. The summed E-state index contributed by atoms with van der Waals surface area (Å²) in [5.74, 6) is 2.02. The van der Waals surface area contributed by atoms with E-state index in [4.69, 9.17) is 0 Å². The van der Waals surface area contributed by atoms with Crippen molar-refractivity contribution < 1.29 is 4.79 Å². The number of fused-ring (bicyclic) bond motifs is 1. The van der Waals surface area contributed by atoms with Crippen molar-refractivity contribution in [1.82, 2.24) is 19.7 Å². The maximum atomic E-state index is 12.1. The van der Waals surface area contributed by atoms with Crippen molar-refractivity contribution in [1.29, 1.82) is 0 Å². The van der Waals surface area contributed by atoms with Crippen LogP contribution in [0.3, 0.4) is 0 Å². The van der Waals surface area contributed by atoms with Gasteiger partial charge in [0.25, 0.3) is 0 Å². The van der Waals surface area contributed by atoms with Crippen molar-refractivity contribution in [3.8, 4) is 0 Å². The molecule has 23 heavy (non-hydrogen) atoms. The largest absolute Gasteiger partial charge is 0.342 e. The zero-order valence-corrected chi connectivity index (χ0v) is 13.4. The first-order valence-corrected chi connectivity index (χ1v) is 7.87. The zero-order valence-electron chi connectivity index (χ0n) is 13.4. The number of carbonyl (C=O) groups is 1. The molecule has 1 aromatic carbocycles. The van der Waals surface area contributed by atoms with Crippen LogP contribution >= 0.6 is 0 Å². The zero-order chi connectivity index (χ0) is 16.2. The number of hydrogen-bond donors (Lipinski definition) is 2. The van der Waals surface area contributed by atoms with Crippen LogP contribution in [0.15, 0.2) is 36.5 Å². The van der Waals surface area contributed by atoms with Crippen LogP contribution < -0.4 is 5.32 Å². The van der Waals surface area contributed by atoms with Crippen molar-refractivity contribution in [2.75, 3.05) is 5.32 Å². The second kappa shape index (κ2) is 6.64. The van der Waals surface area contributed by atoms with Gasteiger partial charge in [-0.2, -0.15) is 5.10 Å². The van der Waals surface area contributed by atoms with Crippen molar-refractivity contribution in [3.05, 3.63) is 42.4 Å². The van der Waals surface area contributed by atoms with E-state index < -0.39 is 0 Å². The number of rotatable bonds is 6. The highest BCUT2D eigenvalue weighted by atomic mass is 16.1. The number of aryl methyl sites for hydroxylation is 1. The molecule has 0 saturated heterocycles. The Morgan fingerprint density at radius 2 is 2.13 bits per heavy atom. The summed E-state index contributed by atoms with van der Waals surface area (Å²) in [6.45, 7) is 5.02. The molecule has 6 heteroatoms. The maximum absolute atomic E-state index is 12.1. The van der Waals surface area contributed by atoms with Crippen molar-refractivity contribution in [2.45, 2.75) is 33.2 Å². The predicted octanol–water partition coefficient (Wildman–Crippen LogP) is 2.99. The molecule has 0 spiro atoms. The fourth-order valence-electron chi connectivity index (χ4n) is 2.49. The molecule has 1 amide bonds. The van der Waals surface area contributed by atoms with E-state index in [-0.39, 0.29) is 5.91 Å². The van der Waals surface area contributed by atoms with Crippen molar-refractivity contribution >= 4 is 22.8 Å². The van der Waals surface area contributed by atoms with E-state index in [1.54, 1.807) is 6.20 Å². The van der Waals surface area contributed by atoms with Crippen molar-refractivity contribution in [2.24, 2.45) is 5.92 Å². The van der Waals surface area contributed by atoms with Gasteiger partial charge in [0.15, 0.2) is 0 Å². The molecule has 0 aliphatic carbocycles. The lowest BCUT2D eigenvalue weighted by Gasteiger charge is -2.10. The summed E-state index contributed by atoms with van der Waals surface area (Å²) in [6.07, 6.45) is 2.67. The van der Waals surface area contributed by atoms with Crippen LogP contribution in [-0.4, -0.2) is 25.7 Å². The van der Waals surface area contributed by atoms with Crippen LogP contribution in [0, 0.1) is 5.92 Å². The Labute approximate surface area is 134 Å². The number of nitrogens with one attached hydrogen (secondary N) is 2. The van der Waals surface area contributed by atoms with Gasteiger partial charge in [0, 0.05) is 25.5 Å². The molecule has 0 fully saturated rings. The fourth-order valence-corrected chi connectivity index (χ4v) is 2.49. The maximum Gasteiger partial charge on any atom is 0.225 e. The first-order valence-electron chi connectivity index (χ1n) is 7.87. The van der Waals surface area contributed by atoms with E-state index in [2.05, 4.69) is 34.2 Å². The Morgan fingerprint density at radius 3 is 2.91 bits per heavy atom. The molecule has 3 aromatic rings. The van der Waals surface area contributed by atoms with Gasteiger partial charge in [-0.1, -0.05) is 26.0 Å². The van der Waals surface area contributed by atoms with Crippen LogP contribution in [0.1, 0.15) is 26.1 Å². The van der Waals surface area contributed by atoms with E-state index in [0.29, 0.717) is 18.8 Å². The Kier molecular flexibility index (Phi) is 4.41. The molecule has 0 unspecified atom stereocenters. The number of aromatic nitrogens is 4. The molecule has 2 N–H and O–H groups in total. The topological polar surface area (TPSA) is 75.6 Å². The molecule has 2 aromatic heterocycles. The summed E-state index contributed by atoms with van der Waals surface area (Å²) < 4.78 is 1.82. The van der Waals surface area contributed by atoms with E-state index in [1.807, 2.05) is 35.0 Å². The van der Waals surface area contributed by atoms with E-state index in [1.165, 1.54) is 0 Å². The number of nitrogens with zero attached hydrogens (tertiary/aromatic N) is 3. The summed E-state index contributed by atoms with van der Waals surface area (Å²) in [6, 6.07) is 9.68. The number of hydrogen-bond acceptors (Lipinski definition) is 3. The lowest BCUT2D eigenvalue weighted by atomic mass is 10.2. The van der Waals surface area contributed by atoms with Crippen LogP contribution in [0.2, 0.25) is 0 Å². The standard InChI is InChI=1S/C17H21N5O/c1-12(2)11-22-16(9-10-18-22)21-17(23)8-7-15-19-13-5-3-4-6-14(13)20-15/h3-6,9-10,12H,7-8,11H2,1-2H3,(H,19,20)(H,21,23). The average molecular weight is 311 g/mol. The number of para-hydroxylation sites is 2. The third kappa shape index (κ3) is 3.77. The van der Waals surface area contributed by atoms with Crippen LogP contribution in [0.25, 0.3) is 11.0 Å². The van der Waals surface area contributed by atoms with Gasteiger partial charge in [-0.3, -0.25) is 4.79 Å². The number of imidazole rings is 1. The molecule has 3 rings (SSSR count). The smallest absolute Gasteiger partial charge is 0.225 e. The van der Waals surface area contributed by atoms with E-state index >= 15 is 0 Å². The van der Waals surface area contributed by atoms with Crippen molar-refractivity contribution in [3.63, 3.8) is 0 Å². The molecule has 2 heterocycles. The molecule has 0 aliphatic heterocycles. The summed E-state index contributed by atoms with van der Waals surface area (Å²) in [5, 5.41) is 7.16. The molecule has 120 valence electrons. The number of carbonyl (C=O) groups excluding carboxylic acids is 1. The van der Waals surface area contributed by atoms with E-state index in [0.717, 1.165) is 29.2 Å². The Hall–Kier alpha value is -2.63. The molecule has 0 radical (unpaired) electrons. The third-order valence-electron chi connectivity index (χ3n) is 3.55. The number of anilines is 1. The Balaban J connectivity index is 1.58. The first kappa shape index (κ1) is 15.3. The lowest BCUT2D eigenvalue weighted by molar-refractivity contribution is -0.116. The third-order valence-corrected chi connectivity index (χ3v) is 3.55. The van der Waals surface area contributed by atoms with Crippen LogP contribution in [0.5, 0.6) is 0 Å². The quantitative estimate of drug-likeness (QED) is 0.735. The second-order valence-corrected chi connectivity index (χ2v) is 6.04. The molecule has 0 bridgehead atoms. The lowest BCUT2D eigenvalue weighted by Crippen LogP contribution is -2.17. The number of H-pyrrole nitrogens is 1. The number of aromatic amines is 1. The van der Waals surface area contributed by atoms with Gasteiger partial charge in [0.05, 0.1) is 17.2 Å². The highest BCUT2D eigenvalue weighted by Gasteiger charge is 2.10. The summed E-state index contributed by atoms with van der Waals surface area (Å²) in [7, 11) is 0. The summed E-state index contributed by atoms with van der Waals surface area (Å²) in [5.41, 5.74) is 1.93. The Bertz CT molecular complexity index is 769. The first-order chi connectivity index (χ1) is 11.1. The van der Waals surface area contributed by atoms with Gasteiger partial charge < -0.3 is 10.3 Å². The van der Waals surface area contributed by atoms with Gasteiger partial charge in [-0.15, -0.1) is 0 Å². The number of benzene rings is 1. The van der Waals surface area contributed by atoms with Gasteiger partial charge in [-0.05, 0) is 18.1 Å². The molecule has 0 atom stereocenters. The minimum atomic E-state index is -0.0315. The monoisotopic (exact) mass is 311 g/mol. The van der Waals surface area contributed by atoms with Gasteiger partial charge in [0.2, 0.25) is 5.91 Å². The normalized spacial score (nSPS) is 11.3. The van der Waals surface area contributed by atoms with Gasteiger partial charge in [0.1, 0.15) is 11.6 Å². The molecule has 0 saturated carbocycles. The SMILES string of the molecule is CC(C)Cn1nccc1NC(=O)CCc1nc2ccccc2[nH]1. The molecular weight excluding hydrogens is 290 g/mol. The molecule has 6 nitrogen and oxygen atoms in total. The van der Waals surface area contributed by atoms with Crippen LogP contribution in [0.4, 0.5) is 5.82 Å². The fraction of sp³-hybridized carbons (Fsp3) is 0.353. The summed E-state index contributed by atoms with van der Waals surface area (Å²) >= 11 is 0. The predicted molar refractivity (Wildman–Crippen MR) is 90.1 cm³/mol. The van der Waals surface area contributed by atoms with E-state index in [9.17, 15) is 4.79 Å². The molecular formula is C17H21N5O. The Morgan fingerprint density at radius 1 is 1.30 bits per heavy atom. The van der Waals surface area contributed by atoms with Gasteiger partial charge >= 0.3 is 0 Å². The average Bonchev–Trinajstić information content (AvgIpc) is 3.11. The number of amides is 1.